The van der Waals surface area contributed by atoms with Crippen LogP contribution in [0.5, 0.6) is 5.75 Å². The first kappa shape index (κ1) is 15.2. The number of piperidine rings is 1. The molecule has 2 saturated carbocycles. The number of imide groups is 1. The van der Waals surface area contributed by atoms with Crippen LogP contribution in [-0.4, -0.2) is 29.9 Å². The van der Waals surface area contributed by atoms with E-state index < -0.39 is 11.3 Å². The van der Waals surface area contributed by atoms with Gasteiger partial charge in [0.15, 0.2) is 5.41 Å². The lowest BCUT2D eigenvalue weighted by molar-refractivity contribution is -0.145. The largest absolute Gasteiger partial charge is 0.497 e. The summed E-state index contributed by atoms with van der Waals surface area (Å²) in [5, 5.41) is 9.73. The van der Waals surface area contributed by atoms with Crippen molar-refractivity contribution in [3.8, 4) is 11.8 Å². The number of likely N-dealkylation sites (tertiary alicyclic amines) is 1. The zero-order valence-corrected chi connectivity index (χ0v) is 13.7. The highest BCUT2D eigenvalue weighted by molar-refractivity contribution is 6.15. The smallest absolute Gasteiger partial charge is 0.251 e. The Morgan fingerprint density at radius 1 is 1.12 bits per heavy atom. The van der Waals surface area contributed by atoms with E-state index in [2.05, 4.69) is 6.07 Å². The maximum absolute atomic E-state index is 13.0. The van der Waals surface area contributed by atoms with Crippen LogP contribution in [0.1, 0.15) is 43.6 Å². The second-order valence-electron chi connectivity index (χ2n) is 7.01. The molecule has 24 heavy (non-hydrogen) atoms. The number of methoxy groups -OCH3 is 1. The van der Waals surface area contributed by atoms with Crippen LogP contribution in [-0.2, 0) is 9.59 Å². The van der Waals surface area contributed by atoms with Gasteiger partial charge in [0.25, 0.3) is 5.91 Å². The lowest BCUT2D eigenvalue weighted by Crippen LogP contribution is -2.45. The predicted octanol–water partition coefficient (Wildman–Crippen LogP) is 2.62. The summed E-state index contributed by atoms with van der Waals surface area (Å²) in [6, 6.07) is 9.51. The zero-order valence-electron chi connectivity index (χ0n) is 13.7. The SMILES string of the molecule is COc1ccc([C@@H]2[C@H]3C(=O)N(C4CCCCC4)C(=O)[C@]32C#N)cc1. The van der Waals surface area contributed by atoms with Crippen molar-refractivity contribution in [2.24, 2.45) is 11.3 Å². The molecule has 1 aromatic rings. The molecule has 2 aliphatic carbocycles. The minimum absolute atomic E-state index is 0.00621. The number of carbonyl (C=O) groups is 2. The van der Waals surface area contributed by atoms with E-state index in [1.807, 2.05) is 24.3 Å². The van der Waals surface area contributed by atoms with Crippen LogP contribution in [0, 0.1) is 22.7 Å². The monoisotopic (exact) mass is 324 g/mol. The molecule has 0 radical (unpaired) electrons. The molecule has 1 aliphatic heterocycles. The lowest BCUT2D eigenvalue weighted by atomic mass is 9.92. The van der Waals surface area contributed by atoms with Crippen LogP contribution >= 0.6 is 0 Å². The van der Waals surface area contributed by atoms with E-state index in [0.717, 1.165) is 43.4 Å². The van der Waals surface area contributed by atoms with E-state index in [0.29, 0.717) is 0 Å². The third-order valence-corrected chi connectivity index (χ3v) is 5.88. The zero-order chi connectivity index (χ0) is 16.9. The van der Waals surface area contributed by atoms with Crippen LogP contribution in [0.25, 0.3) is 0 Å². The van der Waals surface area contributed by atoms with E-state index in [1.54, 1.807) is 7.11 Å². The van der Waals surface area contributed by atoms with Gasteiger partial charge in [0.05, 0.1) is 19.1 Å². The fraction of sp³-hybridized carbons (Fsp3) is 0.526. The molecule has 0 bridgehead atoms. The summed E-state index contributed by atoms with van der Waals surface area (Å²) in [7, 11) is 1.59. The first-order valence-electron chi connectivity index (χ1n) is 8.58. The average molecular weight is 324 g/mol. The van der Waals surface area contributed by atoms with Crippen molar-refractivity contribution in [1.82, 2.24) is 4.90 Å². The maximum Gasteiger partial charge on any atom is 0.251 e. The summed E-state index contributed by atoms with van der Waals surface area (Å²) in [6.07, 6.45) is 5.01. The number of hydrogen-bond acceptors (Lipinski definition) is 4. The van der Waals surface area contributed by atoms with E-state index in [9.17, 15) is 14.9 Å². The molecule has 0 N–H and O–H groups in total. The summed E-state index contributed by atoms with van der Waals surface area (Å²) < 4.78 is 5.15. The Kier molecular flexibility index (Phi) is 3.38. The molecule has 1 saturated heterocycles. The normalized spacial score (nSPS) is 32.4. The highest BCUT2D eigenvalue weighted by Crippen LogP contribution is 2.70. The minimum atomic E-state index is -1.18. The Balaban J connectivity index is 1.63. The molecule has 3 aliphatic rings. The molecular formula is C19H20N2O3. The van der Waals surface area contributed by atoms with Crippen molar-refractivity contribution in [2.45, 2.75) is 44.1 Å². The van der Waals surface area contributed by atoms with Crippen LogP contribution in [0.3, 0.4) is 0 Å². The average Bonchev–Trinajstić information content (AvgIpc) is 3.27. The number of benzene rings is 1. The molecule has 4 rings (SSSR count). The summed E-state index contributed by atoms with van der Waals surface area (Å²) in [5.74, 6) is -0.516. The topological polar surface area (TPSA) is 70.4 Å². The van der Waals surface area contributed by atoms with Gasteiger partial charge < -0.3 is 4.74 Å². The maximum atomic E-state index is 13.0. The number of rotatable bonds is 3. The molecule has 1 heterocycles. The molecule has 5 heteroatoms. The molecule has 1 aromatic carbocycles. The Labute approximate surface area is 141 Å². The minimum Gasteiger partial charge on any atom is -0.497 e. The first-order valence-corrected chi connectivity index (χ1v) is 8.58. The van der Waals surface area contributed by atoms with Gasteiger partial charge in [-0.25, -0.2) is 0 Å². The molecule has 124 valence electrons. The Hall–Kier alpha value is -2.35. The van der Waals surface area contributed by atoms with Crippen LogP contribution in [0.2, 0.25) is 0 Å². The molecule has 2 amide bonds. The number of nitrogens with zero attached hydrogens (tertiary/aromatic N) is 2. The van der Waals surface area contributed by atoms with Crippen molar-refractivity contribution in [2.75, 3.05) is 7.11 Å². The molecular weight excluding hydrogens is 304 g/mol. The molecule has 3 atom stereocenters. The number of ether oxygens (including phenoxy) is 1. The van der Waals surface area contributed by atoms with Crippen molar-refractivity contribution in [3.05, 3.63) is 29.8 Å². The number of carbonyl (C=O) groups excluding carboxylic acids is 2. The van der Waals surface area contributed by atoms with E-state index in [4.69, 9.17) is 4.74 Å². The summed E-state index contributed by atoms with van der Waals surface area (Å²) >= 11 is 0. The summed E-state index contributed by atoms with van der Waals surface area (Å²) in [5.41, 5.74) is -0.310. The van der Waals surface area contributed by atoms with Gasteiger partial charge in [0, 0.05) is 12.0 Å². The van der Waals surface area contributed by atoms with Crippen molar-refractivity contribution < 1.29 is 14.3 Å². The van der Waals surface area contributed by atoms with E-state index in [1.165, 1.54) is 4.90 Å². The summed E-state index contributed by atoms with van der Waals surface area (Å²) in [4.78, 5) is 27.3. The third-order valence-electron chi connectivity index (χ3n) is 5.88. The van der Waals surface area contributed by atoms with Crippen molar-refractivity contribution >= 4 is 11.8 Å². The molecule has 0 unspecified atom stereocenters. The predicted molar refractivity (Wildman–Crippen MR) is 86.0 cm³/mol. The fourth-order valence-corrected chi connectivity index (χ4v) is 4.58. The van der Waals surface area contributed by atoms with Gasteiger partial charge in [0.1, 0.15) is 5.75 Å². The number of nitriles is 1. The quantitative estimate of drug-likeness (QED) is 0.801. The van der Waals surface area contributed by atoms with E-state index in [-0.39, 0.29) is 23.8 Å². The fourth-order valence-electron chi connectivity index (χ4n) is 4.58. The Morgan fingerprint density at radius 2 is 1.79 bits per heavy atom. The molecule has 3 fully saturated rings. The number of fused-ring (bicyclic) bond motifs is 1. The molecule has 0 spiro atoms. The van der Waals surface area contributed by atoms with E-state index >= 15 is 0 Å². The lowest BCUT2D eigenvalue weighted by Gasteiger charge is -2.31. The van der Waals surface area contributed by atoms with Gasteiger partial charge in [0.2, 0.25) is 5.91 Å². The van der Waals surface area contributed by atoms with Gasteiger partial charge in [-0.15, -0.1) is 0 Å². The van der Waals surface area contributed by atoms with Crippen LogP contribution < -0.4 is 4.74 Å². The second-order valence-corrected chi connectivity index (χ2v) is 7.01. The third kappa shape index (κ3) is 1.86. The van der Waals surface area contributed by atoms with Gasteiger partial charge in [-0.2, -0.15) is 5.26 Å². The molecule has 5 nitrogen and oxygen atoms in total. The van der Waals surface area contributed by atoms with Crippen molar-refractivity contribution in [3.63, 3.8) is 0 Å². The number of amides is 2. The highest BCUT2D eigenvalue weighted by atomic mass is 16.5. The summed E-state index contributed by atoms with van der Waals surface area (Å²) in [6.45, 7) is 0. The number of hydrogen-bond donors (Lipinski definition) is 0. The van der Waals surface area contributed by atoms with Crippen LogP contribution in [0.4, 0.5) is 0 Å². The molecule has 0 aromatic heterocycles. The van der Waals surface area contributed by atoms with Gasteiger partial charge in [-0.05, 0) is 30.5 Å². The Morgan fingerprint density at radius 3 is 2.33 bits per heavy atom. The Bertz CT molecular complexity index is 730. The van der Waals surface area contributed by atoms with Gasteiger partial charge in [-0.1, -0.05) is 31.4 Å². The standard InChI is InChI=1S/C19H20N2O3/c1-24-14-9-7-12(8-10-14)15-16-17(22)21(13-5-3-2-4-6-13)18(23)19(15,16)11-20/h7-10,13,15-16H,2-6H2,1H3/t15-,16+,19+/m1/s1. The second kappa shape index (κ2) is 5.34. The van der Waals surface area contributed by atoms with Crippen LogP contribution in [0.15, 0.2) is 24.3 Å². The van der Waals surface area contributed by atoms with Gasteiger partial charge >= 0.3 is 0 Å². The van der Waals surface area contributed by atoms with Crippen molar-refractivity contribution in [1.29, 1.82) is 5.26 Å². The highest BCUT2D eigenvalue weighted by Gasteiger charge is 2.81. The van der Waals surface area contributed by atoms with Gasteiger partial charge in [-0.3, -0.25) is 14.5 Å². The first-order chi connectivity index (χ1) is 11.6.